The van der Waals surface area contributed by atoms with Crippen molar-refractivity contribution in [3.63, 3.8) is 0 Å². The summed E-state index contributed by atoms with van der Waals surface area (Å²) in [7, 11) is 0. The molecule has 1 heteroatoms. The van der Waals surface area contributed by atoms with Gasteiger partial charge < -0.3 is 0 Å². The Hall–Kier alpha value is -0.586. The van der Waals surface area contributed by atoms with Crippen molar-refractivity contribution in [3.05, 3.63) is 51.4 Å². The summed E-state index contributed by atoms with van der Waals surface area (Å²) in [4.78, 5) is 0. The molecule has 105 valence electrons. The average molecular weight is 293 g/mol. The van der Waals surface area contributed by atoms with E-state index in [0.717, 1.165) is 6.42 Å². The predicted molar refractivity (Wildman–Crippen MR) is 86.7 cm³/mol. The van der Waals surface area contributed by atoms with Crippen LogP contribution < -0.4 is 3.87 Å². The second-order valence-corrected chi connectivity index (χ2v) is 36.8. The van der Waals surface area contributed by atoms with Crippen molar-refractivity contribution in [2.24, 2.45) is 0 Å². The normalized spacial score (nSPS) is 21.2. The van der Waals surface area contributed by atoms with Crippen LogP contribution in [0.4, 0.5) is 0 Å². The van der Waals surface area contributed by atoms with E-state index in [4.69, 9.17) is 0 Å². The summed E-state index contributed by atoms with van der Waals surface area (Å²) in [5, 5.41) is 12.9. The summed E-state index contributed by atoms with van der Waals surface area (Å²) in [5.74, 6) is 0. The fraction of sp³-hybridized carbons (Fsp3) is 0.444. The first kappa shape index (κ1) is 14.8. The second kappa shape index (κ2) is 3.02. The molecule has 1 aromatic carbocycles. The van der Waals surface area contributed by atoms with Crippen molar-refractivity contribution in [1.82, 2.24) is 0 Å². The molecule has 1 aliphatic rings. The monoisotopic (exact) mass is 293 g/mol. The summed E-state index contributed by atoms with van der Waals surface area (Å²) in [5.41, 5.74) is 2.89. The minimum absolute atomic E-state index is 1.11. The van der Waals surface area contributed by atoms with E-state index in [1.807, 2.05) is 0 Å². The third-order valence-corrected chi connectivity index (χ3v) is 17.0. The Morgan fingerprint density at radius 3 is 1.84 bits per heavy atom. The van der Waals surface area contributed by atoms with E-state index >= 15 is 0 Å². The molecule has 0 saturated heterocycles. The van der Waals surface area contributed by atoms with Gasteiger partial charge in [0.2, 0.25) is 0 Å². The van der Waals surface area contributed by atoms with Gasteiger partial charge >= 0.3 is 114 Å². The van der Waals surface area contributed by atoms with Gasteiger partial charge in [0, 0.05) is 0 Å². The maximum absolute atomic E-state index is 3.89. The van der Waals surface area contributed by atoms with Gasteiger partial charge in [-0.3, -0.25) is 0 Å². The Morgan fingerprint density at radius 1 is 0.895 bits per heavy atom. The van der Waals surface area contributed by atoms with Crippen LogP contribution in [0.1, 0.15) is 17.5 Å². The molecule has 0 atom stereocenters. The standard InChI is InChI=1S/C8H9.C5H5.5CH3.Ti/c1-7-4-3-5-8(2)6-7;1-2-4-5-3-1;;;;;;/h3-5H,1-2H3;1-3H,4H2;5*1H3;. The van der Waals surface area contributed by atoms with Crippen LogP contribution in [0.15, 0.2) is 40.3 Å². The zero-order valence-electron chi connectivity index (χ0n) is 13.7. The summed E-state index contributed by atoms with van der Waals surface area (Å²) < 4.78 is 3.27. The van der Waals surface area contributed by atoms with Gasteiger partial charge in [0.25, 0.3) is 0 Å². The first-order chi connectivity index (χ1) is 8.28. The van der Waals surface area contributed by atoms with Crippen LogP contribution in [-0.2, 0) is 12.7 Å². The molecule has 0 heterocycles. The molecule has 1 aliphatic carbocycles. The van der Waals surface area contributed by atoms with Crippen molar-refractivity contribution in [2.75, 3.05) is 0 Å². The Morgan fingerprint density at radius 2 is 1.42 bits per heavy atom. The molecule has 0 spiro atoms. The van der Waals surface area contributed by atoms with Crippen LogP contribution in [0.25, 0.3) is 0 Å². The molecule has 0 amide bonds. The molecule has 19 heavy (non-hydrogen) atoms. The first-order valence-electron chi connectivity index (χ1n) is 7.46. The van der Waals surface area contributed by atoms with Crippen molar-refractivity contribution in [2.45, 2.75) is 46.4 Å². The van der Waals surface area contributed by atoms with Crippen LogP contribution in [-0.4, -0.2) is 0 Å². The molecule has 0 saturated carbocycles. The van der Waals surface area contributed by atoms with E-state index in [0.29, 0.717) is 0 Å². The number of aryl methyl sites for hydroxylation is 2. The van der Waals surface area contributed by atoms with Gasteiger partial charge in [0.05, 0.1) is 0 Å². The molecule has 0 N–H and O–H groups in total. The quantitative estimate of drug-likeness (QED) is 0.607. The van der Waals surface area contributed by atoms with Crippen LogP contribution in [0.3, 0.4) is 0 Å². The van der Waals surface area contributed by atoms with Gasteiger partial charge in [-0.15, -0.1) is 0 Å². The molecule has 0 fully saturated rings. The number of hydrogen-bond donors (Lipinski definition) is 0. The molecular formula is C18H29Ti. The van der Waals surface area contributed by atoms with Crippen LogP contribution in [0, 0.1) is 13.8 Å². The van der Waals surface area contributed by atoms with Crippen molar-refractivity contribution in [1.29, 1.82) is 0 Å². The molecule has 0 radical (unpaired) electrons. The van der Waals surface area contributed by atoms with Crippen LogP contribution in [0.5, 0.6) is 0 Å². The van der Waals surface area contributed by atoms with E-state index in [2.05, 4.69) is 76.4 Å². The maximum atomic E-state index is 2.58. The second-order valence-electron chi connectivity index (χ2n) is 11.2. The van der Waals surface area contributed by atoms with Gasteiger partial charge in [0.15, 0.2) is 0 Å². The van der Waals surface area contributed by atoms with Gasteiger partial charge in [-0.1, -0.05) is 0 Å². The van der Waals surface area contributed by atoms with Crippen molar-refractivity contribution >= 4 is 3.87 Å². The molecule has 2 rings (SSSR count). The number of benzene rings is 1. The average Bonchev–Trinajstić information content (AvgIpc) is 2.67. The molecule has 1 aromatic rings. The summed E-state index contributed by atoms with van der Waals surface area (Å²) in [6.07, 6.45) is 8.02. The third kappa shape index (κ3) is 2.10. The number of hydrogen-bond acceptors (Lipinski definition) is 0. The van der Waals surface area contributed by atoms with Gasteiger partial charge in [-0.2, -0.15) is 0 Å². The van der Waals surface area contributed by atoms with Crippen LogP contribution >= 0.6 is 0 Å². The summed E-state index contributed by atoms with van der Waals surface area (Å²) >= 11 is -3.89. The SMILES string of the molecule is Cc1cccc(C)[c]1[Ti]([CH3])([CH3])([CH3])([CH3])([CH3])[C]1=CC=CC1. The molecule has 0 bridgehead atoms. The van der Waals surface area contributed by atoms with E-state index < -0.39 is 12.7 Å². The first-order valence-corrected chi connectivity index (χ1v) is 16.8. The predicted octanol–water partition coefficient (Wildman–Crippen LogP) is 5.77. The van der Waals surface area contributed by atoms with Gasteiger partial charge in [0.1, 0.15) is 0 Å². The molecule has 0 nitrogen and oxygen atoms in total. The van der Waals surface area contributed by atoms with Crippen LogP contribution in [0.2, 0.25) is 26.1 Å². The molecule has 0 unspecified atom stereocenters. The van der Waals surface area contributed by atoms with E-state index in [1.165, 1.54) is 11.1 Å². The Balaban J connectivity index is 2.97. The Labute approximate surface area is 114 Å². The topological polar surface area (TPSA) is 0 Å². The zero-order valence-corrected chi connectivity index (χ0v) is 15.2. The summed E-state index contributed by atoms with van der Waals surface area (Å²) in [6.45, 7) is 4.55. The number of rotatable bonds is 2. The Bertz CT molecular complexity index is 606. The molecule has 0 aliphatic heterocycles. The van der Waals surface area contributed by atoms with Gasteiger partial charge in [-0.05, 0) is 0 Å². The zero-order chi connectivity index (χ0) is 14.6. The summed E-state index contributed by atoms with van der Waals surface area (Å²) in [6, 6.07) is 6.73. The number of allylic oxidation sites excluding steroid dienone is 4. The fourth-order valence-electron chi connectivity index (χ4n) is 4.61. The third-order valence-electron chi connectivity index (χ3n) is 5.39. The fourth-order valence-corrected chi connectivity index (χ4v) is 15.7. The van der Waals surface area contributed by atoms with E-state index in [1.54, 1.807) is 7.75 Å². The minimum atomic E-state index is -3.89. The molecular weight excluding hydrogens is 264 g/mol. The van der Waals surface area contributed by atoms with E-state index in [9.17, 15) is 0 Å². The Kier molecular flexibility index (Phi) is 2.36. The van der Waals surface area contributed by atoms with E-state index in [-0.39, 0.29) is 0 Å². The van der Waals surface area contributed by atoms with Crippen molar-refractivity contribution in [3.8, 4) is 0 Å². The molecule has 0 aromatic heterocycles. The van der Waals surface area contributed by atoms with Gasteiger partial charge in [-0.25, -0.2) is 0 Å². The van der Waals surface area contributed by atoms with Crippen molar-refractivity contribution < 1.29 is 12.7 Å².